The van der Waals surface area contributed by atoms with E-state index in [4.69, 9.17) is 23.5 Å². The molecular formula is C37H51N3O8. The van der Waals surface area contributed by atoms with E-state index in [-0.39, 0.29) is 31.2 Å². The van der Waals surface area contributed by atoms with Crippen molar-refractivity contribution in [3.63, 3.8) is 0 Å². The fraction of sp³-hybridized carbons (Fsp3) is 0.486. The van der Waals surface area contributed by atoms with Crippen molar-refractivity contribution in [3.05, 3.63) is 77.6 Å². The van der Waals surface area contributed by atoms with Gasteiger partial charge in [0, 0.05) is 26.2 Å². The molecule has 2 unspecified atom stereocenters. The minimum absolute atomic E-state index is 0.105. The third kappa shape index (κ3) is 11.8. The molecule has 11 heteroatoms. The zero-order valence-electron chi connectivity index (χ0n) is 28.9. The number of furan rings is 1. The summed E-state index contributed by atoms with van der Waals surface area (Å²) in [7, 11) is 3.21. The van der Waals surface area contributed by atoms with Crippen molar-refractivity contribution in [1.82, 2.24) is 15.7 Å². The van der Waals surface area contributed by atoms with Gasteiger partial charge in [0.05, 0.1) is 25.2 Å². The van der Waals surface area contributed by atoms with Crippen molar-refractivity contribution in [2.45, 2.75) is 84.7 Å². The van der Waals surface area contributed by atoms with Crippen LogP contribution >= 0.6 is 0 Å². The summed E-state index contributed by atoms with van der Waals surface area (Å²) in [6.07, 6.45) is 5.53. The number of hydrogen-bond donors (Lipinski definition) is 2. The van der Waals surface area contributed by atoms with Crippen LogP contribution in [0.25, 0.3) is 11.3 Å². The molecule has 1 aromatic heterocycles. The normalized spacial score (nSPS) is 12.4. The van der Waals surface area contributed by atoms with Gasteiger partial charge in [0.15, 0.2) is 12.1 Å². The van der Waals surface area contributed by atoms with E-state index in [9.17, 15) is 14.4 Å². The molecule has 0 aliphatic carbocycles. The topological polar surface area (TPSA) is 129 Å². The zero-order valence-corrected chi connectivity index (χ0v) is 28.9. The largest absolute Gasteiger partial charge is 0.494 e. The molecule has 262 valence electrons. The summed E-state index contributed by atoms with van der Waals surface area (Å²) in [6, 6.07) is 18.2. The number of methoxy groups -OCH3 is 2. The number of nitrogens with zero attached hydrogens (tertiary/aromatic N) is 1. The Bertz CT molecular complexity index is 1390. The smallest absolute Gasteiger partial charge is 0.288 e. The first-order chi connectivity index (χ1) is 23.4. The van der Waals surface area contributed by atoms with Crippen LogP contribution < -0.4 is 15.4 Å². The first-order valence-electron chi connectivity index (χ1n) is 16.8. The summed E-state index contributed by atoms with van der Waals surface area (Å²) in [4.78, 5) is 44.4. The highest BCUT2D eigenvalue weighted by atomic mass is 16.7. The van der Waals surface area contributed by atoms with Gasteiger partial charge in [0.2, 0.25) is 12.3 Å². The van der Waals surface area contributed by atoms with Crippen molar-refractivity contribution in [3.8, 4) is 17.1 Å². The molecule has 11 nitrogen and oxygen atoms in total. The van der Waals surface area contributed by atoms with E-state index in [0.717, 1.165) is 36.0 Å². The van der Waals surface area contributed by atoms with Crippen LogP contribution in [-0.4, -0.2) is 63.1 Å². The van der Waals surface area contributed by atoms with Crippen LogP contribution in [0.2, 0.25) is 0 Å². The van der Waals surface area contributed by atoms with Gasteiger partial charge in [-0.25, -0.2) is 5.06 Å². The Labute approximate surface area is 284 Å². The van der Waals surface area contributed by atoms with Crippen molar-refractivity contribution in [1.29, 1.82) is 0 Å². The summed E-state index contributed by atoms with van der Waals surface area (Å²) >= 11 is 0. The van der Waals surface area contributed by atoms with Gasteiger partial charge in [0.1, 0.15) is 18.1 Å². The van der Waals surface area contributed by atoms with Crippen LogP contribution in [0.5, 0.6) is 5.75 Å². The molecule has 0 spiro atoms. The minimum atomic E-state index is -0.524. The number of ether oxygens (including phenoxy) is 3. The van der Waals surface area contributed by atoms with E-state index in [1.165, 1.54) is 5.06 Å². The average molecular weight is 666 g/mol. The van der Waals surface area contributed by atoms with Gasteiger partial charge in [-0.05, 0) is 67.6 Å². The maximum Gasteiger partial charge on any atom is 0.288 e. The van der Waals surface area contributed by atoms with Gasteiger partial charge in [-0.1, -0.05) is 63.4 Å². The lowest BCUT2D eigenvalue weighted by molar-refractivity contribution is -0.200. The first-order valence-corrected chi connectivity index (χ1v) is 16.8. The average Bonchev–Trinajstić information content (AvgIpc) is 3.61. The van der Waals surface area contributed by atoms with Crippen LogP contribution in [0.4, 0.5) is 0 Å². The van der Waals surface area contributed by atoms with E-state index < -0.39 is 17.9 Å². The Hall–Kier alpha value is -4.19. The summed E-state index contributed by atoms with van der Waals surface area (Å²) in [5.74, 6) is 0.0459. The zero-order chi connectivity index (χ0) is 34.7. The van der Waals surface area contributed by atoms with Crippen LogP contribution in [0.15, 0.2) is 65.1 Å². The fourth-order valence-corrected chi connectivity index (χ4v) is 5.54. The molecule has 3 rings (SSSR count). The number of rotatable bonds is 23. The Kier molecular flexibility index (Phi) is 16.7. The highest BCUT2D eigenvalue weighted by Crippen LogP contribution is 2.29. The first kappa shape index (κ1) is 38.3. The summed E-state index contributed by atoms with van der Waals surface area (Å²) in [6.45, 7) is 6.54. The lowest BCUT2D eigenvalue weighted by Crippen LogP contribution is -2.48. The molecule has 0 fully saturated rings. The van der Waals surface area contributed by atoms with E-state index in [1.54, 1.807) is 26.4 Å². The number of carbonyl (C=O) groups is 3. The summed E-state index contributed by atoms with van der Waals surface area (Å²) in [5.41, 5.74) is 2.70. The quantitative estimate of drug-likeness (QED) is 0.0526. The second-order valence-electron chi connectivity index (χ2n) is 11.4. The molecule has 0 saturated carbocycles. The number of aryl methyl sites for hydroxylation is 1. The van der Waals surface area contributed by atoms with Crippen molar-refractivity contribution in [2.75, 3.05) is 27.5 Å². The molecule has 0 aliphatic rings. The van der Waals surface area contributed by atoms with Gasteiger partial charge in [-0.3, -0.25) is 19.2 Å². The molecule has 3 amide bonds. The van der Waals surface area contributed by atoms with Crippen molar-refractivity contribution < 1.29 is 37.8 Å². The second-order valence-corrected chi connectivity index (χ2v) is 11.4. The van der Waals surface area contributed by atoms with Crippen LogP contribution in [0.1, 0.15) is 81.0 Å². The molecule has 0 aliphatic heterocycles. The second kappa shape index (κ2) is 20.9. The fourth-order valence-electron chi connectivity index (χ4n) is 5.54. The maximum absolute atomic E-state index is 13.5. The van der Waals surface area contributed by atoms with Crippen LogP contribution in [0, 0.1) is 5.92 Å². The van der Waals surface area contributed by atoms with Gasteiger partial charge in [-0.15, -0.1) is 0 Å². The van der Waals surface area contributed by atoms with Crippen LogP contribution in [-0.2, 0) is 36.9 Å². The van der Waals surface area contributed by atoms with Gasteiger partial charge in [0.25, 0.3) is 5.91 Å². The Morgan fingerprint density at radius 3 is 2.35 bits per heavy atom. The highest BCUT2D eigenvalue weighted by Gasteiger charge is 2.32. The lowest BCUT2D eigenvalue weighted by Gasteiger charge is -2.32. The molecule has 2 atom stereocenters. The minimum Gasteiger partial charge on any atom is -0.494 e. The molecular weight excluding hydrogens is 614 g/mol. The molecule has 0 saturated heterocycles. The molecule has 1 heterocycles. The Balaban J connectivity index is 1.65. The number of amides is 3. The number of carbonyl (C=O) groups excluding carboxylic acids is 3. The van der Waals surface area contributed by atoms with Gasteiger partial charge < -0.3 is 29.3 Å². The standard InChI is InChI=1S/C37H51N3O8/c1-6-9-11-16-31(32(7-2)40(26-41)47-24-27-14-12-10-13-15-27)36(42)38-25-39-37(43)34-19-18-33(48-34)29-21-28(17-20-35(44-4)45-5)22-30(23-29)46-8-3/h10,12-15,18-19,21-23,26,31-32,35H,6-9,11,16-17,20,24-25H2,1-5H3,(H,38,42)(H,39,43). The van der Waals surface area contributed by atoms with Crippen molar-refractivity contribution >= 4 is 18.2 Å². The number of unbranched alkanes of at least 4 members (excludes halogenated alkanes) is 2. The molecule has 3 aromatic rings. The number of nitrogens with one attached hydrogen (secondary N) is 2. The lowest BCUT2D eigenvalue weighted by atomic mass is 9.90. The highest BCUT2D eigenvalue weighted by molar-refractivity contribution is 5.92. The summed E-state index contributed by atoms with van der Waals surface area (Å²) in [5, 5.41) is 6.81. The SMILES string of the molecule is CCCCCC(C(=O)NCNC(=O)c1ccc(-c2cc(CCC(OC)OC)cc(OCC)c2)o1)C(CC)N(C=O)OCc1ccccc1. The maximum atomic E-state index is 13.5. The summed E-state index contributed by atoms with van der Waals surface area (Å²) < 4.78 is 22.3. The number of benzene rings is 2. The number of hydroxylamine groups is 2. The predicted molar refractivity (Wildman–Crippen MR) is 183 cm³/mol. The molecule has 2 N–H and O–H groups in total. The molecule has 0 radical (unpaired) electrons. The van der Waals surface area contributed by atoms with Gasteiger partial charge in [-0.2, -0.15) is 0 Å². The van der Waals surface area contributed by atoms with E-state index in [0.29, 0.717) is 50.2 Å². The van der Waals surface area contributed by atoms with Gasteiger partial charge >= 0.3 is 0 Å². The Morgan fingerprint density at radius 2 is 1.69 bits per heavy atom. The third-order valence-electron chi connectivity index (χ3n) is 8.09. The molecule has 0 bridgehead atoms. The van der Waals surface area contributed by atoms with Crippen molar-refractivity contribution in [2.24, 2.45) is 5.92 Å². The van der Waals surface area contributed by atoms with Crippen LogP contribution in [0.3, 0.4) is 0 Å². The monoisotopic (exact) mass is 665 g/mol. The Morgan fingerprint density at radius 1 is 0.917 bits per heavy atom. The predicted octanol–water partition coefficient (Wildman–Crippen LogP) is 6.27. The van der Waals surface area contributed by atoms with E-state index in [2.05, 4.69) is 17.6 Å². The molecule has 2 aromatic carbocycles. The van der Waals surface area contributed by atoms with E-state index in [1.807, 2.05) is 62.4 Å². The third-order valence-corrected chi connectivity index (χ3v) is 8.09. The number of hydrogen-bond acceptors (Lipinski definition) is 8. The van der Waals surface area contributed by atoms with E-state index >= 15 is 0 Å². The molecule has 48 heavy (non-hydrogen) atoms.